The number of nitrogens with one attached hydrogen (secondary N) is 1. The van der Waals surface area contributed by atoms with Gasteiger partial charge in [0.1, 0.15) is 12.4 Å². The summed E-state index contributed by atoms with van der Waals surface area (Å²) in [5.74, 6) is 0.185. The van der Waals surface area contributed by atoms with Gasteiger partial charge in [0.15, 0.2) is 0 Å². The van der Waals surface area contributed by atoms with Crippen molar-refractivity contribution in [2.45, 2.75) is 19.8 Å². The van der Waals surface area contributed by atoms with E-state index in [0.717, 1.165) is 17.7 Å². The van der Waals surface area contributed by atoms with Crippen LogP contribution in [0.4, 0.5) is 11.4 Å². The molecular formula is C21H26ClN3O3. The second kappa shape index (κ2) is 10.1. The minimum Gasteiger partial charge on any atom is -0.492 e. The first-order valence-corrected chi connectivity index (χ1v) is 9.24. The Morgan fingerprint density at radius 3 is 2.61 bits per heavy atom. The smallest absolute Gasteiger partial charge is 0.229 e. The third-order valence-corrected chi connectivity index (χ3v) is 4.67. The van der Waals surface area contributed by atoms with Crippen LogP contribution in [-0.4, -0.2) is 31.5 Å². The first-order valence-electron chi connectivity index (χ1n) is 9.24. The third-order valence-electron chi connectivity index (χ3n) is 4.67. The molecule has 3 N–H and O–H groups in total. The van der Waals surface area contributed by atoms with E-state index in [0.29, 0.717) is 31.1 Å². The number of hydrogen-bond acceptors (Lipinski definition) is 4. The lowest BCUT2D eigenvalue weighted by atomic mass is 10.1. The van der Waals surface area contributed by atoms with Crippen LogP contribution in [0.1, 0.15) is 18.9 Å². The molecule has 2 aromatic rings. The quantitative estimate of drug-likeness (QED) is 0.744. The molecule has 0 spiro atoms. The summed E-state index contributed by atoms with van der Waals surface area (Å²) in [5, 5.41) is 2.89. The molecule has 1 aliphatic rings. The van der Waals surface area contributed by atoms with Crippen molar-refractivity contribution in [3.63, 3.8) is 0 Å². The van der Waals surface area contributed by atoms with Crippen molar-refractivity contribution >= 4 is 35.6 Å². The Bertz CT molecular complexity index is 811. The molecule has 150 valence electrons. The van der Waals surface area contributed by atoms with Gasteiger partial charge in [-0.1, -0.05) is 25.1 Å². The number of para-hydroxylation sites is 1. The molecular weight excluding hydrogens is 378 g/mol. The molecule has 7 heteroatoms. The summed E-state index contributed by atoms with van der Waals surface area (Å²) in [6.07, 6.45) is 1.07. The van der Waals surface area contributed by atoms with Gasteiger partial charge in [0.2, 0.25) is 11.8 Å². The number of carbonyl (C=O) groups excluding carboxylic acids is 2. The second-order valence-electron chi connectivity index (χ2n) is 6.54. The number of benzene rings is 2. The predicted molar refractivity (Wildman–Crippen MR) is 113 cm³/mol. The standard InChI is InChI=1S/C21H25N3O3.ClH/c1-2-15-5-3-4-6-19(15)24-14-16(13-20(24)25)21(26)23-17-7-9-18(10-8-17)27-12-11-22;/h3-10,16H,2,11-14,22H2,1H3,(H,23,26);1H. The molecule has 1 saturated heterocycles. The van der Waals surface area contributed by atoms with Crippen LogP contribution in [0.25, 0.3) is 0 Å². The zero-order valence-corrected chi connectivity index (χ0v) is 16.7. The Labute approximate surface area is 171 Å². The van der Waals surface area contributed by atoms with Crippen molar-refractivity contribution in [2.75, 3.05) is 29.9 Å². The van der Waals surface area contributed by atoms with Gasteiger partial charge in [-0.15, -0.1) is 12.4 Å². The number of nitrogens with zero attached hydrogens (tertiary/aromatic N) is 1. The fourth-order valence-corrected chi connectivity index (χ4v) is 3.24. The average molecular weight is 404 g/mol. The minimum atomic E-state index is -0.365. The Morgan fingerprint density at radius 2 is 1.93 bits per heavy atom. The summed E-state index contributed by atoms with van der Waals surface area (Å²) in [6.45, 7) is 3.36. The fraction of sp³-hybridized carbons (Fsp3) is 0.333. The predicted octanol–water partition coefficient (Wildman–Crippen LogP) is 3.00. The van der Waals surface area contributed by atoms with E-state index in [1.165, 1.54) is 0 Å². The molecule has 6 nitrogen and oxygen atoms in total. The van der Waals surface area contributed by atoms with Crippen LogP contribution in [0.3, 0.4) is 0 Å². The molecule has 1 atom stereocenters. The lowest BCUT2D eigenvalue weighted by molar-refractivity contribution is -0.122. The van der Waals surface area contributed by atoms with Gasteiger partial charge in [0.25, 0.3) is 0 Å². The zero-order chi connectivity index (χ0) is 19.2. The Balaban J connectivity index is 0.00000280. The molecule has 0 aliphatic carbocycles. The highest BCUT2D eigenvalue weighted by molar-refractivity contribution is 6.03. The molecule has 0 aromatic heterocycles. The van der Waals surface area contributed by atoms with Crippen LogP contribution in [0, 0.1) is 5.92 Å². The molecule has 2 aromatic carbocycles. The van der Waals surface area contributed by atoms with Crippen LogP contribution in [0.2, 0.25) is 0 Å². The highest BCUT2D eigenvalue weighted by atomic mass is 35.5. The van der Waals surface area contributed by atoms with Gasteiger partial charge in [-0.3, -0.25) is 9.59 Å². The van der Waals surface area contributed by atoms with Gasteiger partial charge in [-0.25, -0.2) is 0 Å². The number of ether oxygens (including phenoxy) is 1. The van der Waals surface area contributed by atoms with Crippen molar-refractivity contribution in [1.29, 1.82) is 0 Å². The maximum atomic E-state index is 12.6. The molecule has 28 heavy (non-hydrogen) atoms. The molecule has 1 heterocycles. The topological polar surface area (TPSA) is 84.7 Å². The molecule has 0 saturated carbocycles. The number of rotatable bonds is 7. The van der Waals surface area contributed by atoms with Crippen molar-refractivity contribution in [3.8, 4) is 5.75 Å². The van der Waals surface area contributed by atoms with Gasteiger partial charge in [0.05, 0.1) is 5.92 Å². The summed E-state index contributed by atoms with van der Waals surface area (Å²) in [5.41, 5.74) is 8.11. The van der Waals surface area contributed by atoms with Gasteiger partial charge < -0.3 is 20.7 Å². The third kappa shape index (κ3) is 5.03. The van der Waals surface area contributed by atoms with Gasteiger partial charge in [-0.2, -0.15) is 0 Å². The maximum absolute atomic E-state index is 12.6. The summed E-state index contributed by atoms with van der Waals surface area (Å²) in [6, 6.07) is 15.0. The van der Waals surface area contributed by atoms with Gasteiger partial charge in [0, 0.05) is 30.9 Å². The molecule has 3 rings (SSSR count). The minimum absolute atomic E-state index is 0. The van der Waals surface area contributed by atoms with E-state index in [1.807, 2.05) is 24.3 Å². The molecule has 0 bridgehead atoms. The number of carbonyl (C=O) groups is 2. The first-order chi connectivity index (χ1) is 13.1. The number of nitrogens with two attached hydrogens (primary N) is 1. The Kier molecular flexibility index (Phi) is 7.84. The van der Waals surface area contributed by atoms with Crippen LogP contribution in [0.5, 0.6) is 5.75 Å². The zero-order valence-electron chi connectivity index (χ0n) is 15.9. The van der Waals surface area contributed by atoms with E-state index in [9.17, 15) is 9.59 Å². The molecule has 0 radical (unpaired) electrons. The van der Waals surface area contributed by atoms with Crippen molar-refractivity contribution < 1.29 is 14.3 Å². The van der Waals surface area contributed by atoms with Crippen molar-refractivity contribution in [1.82, 2.24) is 0 Å². The van der Waals surface area contributed by atoms with E-state index >= 15 is 0 Å². The largest absolute Gasteiger partial charge is 0.492 e. The second-order valence-corrected chi connectivity index (χ2v) is 6.54. The number of amides is 2. The number of halogens is 1. The summed E-state index contributed by atoms with van der Waals surface area (Å²) in [7, 11) is 0. The highest BCUT2D eigenvalue weighted by Gasteiger charge is 2.35. The number of aryl methyl sites for hydroxylation is 1. The number of hydrogen-bond donors (Lipinski definition) is 2. The lowest BCUT2D eigenvalue weighted by Crippen LogP contribution is -2.28. The highest BCUT2D eigenvalue weighted by Crippen LogP contribution is 2.29. The van der Waals surface area contributed by atoms with Crippen molar-refractivity contribution in [3.05, 3.63) is 54.1 Å². The summed E-state index contributed by atoms with van der Waals surface area (Å²) < 4.78 is 5.42. The van der Waals surface area contributed by atoms with E-state index in [4.69, 9.17) is 10.5 Å². The summed E-state index contributed by atoms with van der Waals surface area (Å²) in [4.78, 5) is 26.8. The van der Waals surface area contributed by atoms with E-state index in [-0.39, 0.29) is 36.6 Å². The van der Waals surface area contributed by atoms with E-state index in [2.05, 4.69) is 12.2 Å². The fourth-order valence-electron chi connectivity index (χ4n) is 3.24. The lowest BCUT2D eigenvalue weighted by Gasteiger charge is -2.20. The van der Waals surface area contributed by atoms with E-state index in [1.54, 1.807) is 29.2 Å². The molecule has 1 aliphatic heterocycles. The van der Waals surface area contributed by atoms with E-state index < -0.39 is 0 Å². The first kappa shape index (κ1) is 21.7. The van der Waals surface area contributed by atoms with Crippen LogP contribution < -0.4 is 20.7 Å². The molecule has 2 amide bonds. The van der Waals surface area contributed by atoms with Gasteiger partial charge >= 0.3 is 0 Å². The molecule has 1 unspecified atom stereocenters. The SMILES string of the molecule is CCc1ccccc1N1CC(C(=O)Nc2ccc(OCCN)cc2)CC1=O.Cl. The Morgan fingerprint density at radius 1 is 1.21 bits per heavy atom. The van der Waals surface area contributed by atoms with Crippen LogP contribution in [-0.2, 0) is 16.0 Å². The monoisotopic (exact) mass is 403 g/mol. The maximum Gasteiger partial charge on any atom is 0.229 e. The Hall–Kier alpha value is -2.57. The average Bonchev–Trinajstić information content (AvgIpc) is 3.09. The summed E-state index contributed by atoms with van der Waals surface area (Å²) >= 11 is 0. The van der Waals surface area contributed by atoms with Crippen molar-refractivity contribution in [2.24, 2.45) is 11.7 Å². The molecule has 1 fully saturated rings. The van der Waals surface area contributed by atoms with Crippen LogP contribution >= 0.6 is 12.4 Å². The normalized spacial score (nSPS) is 15.9. The van der Waals surface area contributed by atoms with Crippen LogP contribution in [0.15, 0.2) is 48.5 Å². The van der Waals surface area contributed by atoms with Gasteiger partial charge in [-0.05, 0) is 42.3 Å². The number of anilines is 2.